The molecule has 28 heavy (non-hydrogen) atoms. The number of hydrogen-bond donors (Lipinski definition) is 2. The van der Waals surface area contributed by atoms with Gasteiger partial charge in [-0.1, -0.05) is 18.2 Å². The summed E-state index contributed by atoms with van der Waals surface area (Å²) in [6, 6.07) is 11.5. The molecule has 0 spiro atoms. The number of rotatable bonds is 4. The van der Waals surface area contributed by atoms with Gasteiger partial charge in [-0.25, -0.2) is 12.8 Å². The second-order valence-corrected chi connectivity index (χ2v) is 8.28. The van der Waals surface area contributed by atoms with E-state index in [-0.39, 0.29) is 46.5 Å². The standard InChI is InChI=1S/C19H22FN3O3S.ClH/c1-13-14(2)23(11-10-21-13)19(24)15-6-5-7-16(12-15)27(25,26)22-18-9-4-3-8-17(18)20;/h3-9,12-14,21-22H,10-11H2,1-2H3;1H. The number of halogens is 2. The number of nitrogens with one attached hydrogen (secondary N) is 2. The third-order valence-corrected chi connectivity index (χ3v) is 6.17. The summed E-state index contributed by atoms with van der Waals surface area (Å²) in [4.78, 5) is 14.5. The molecule has 2 atom stereocenters. The topological polar surface area (TPSA) is 78.5 Å². The molecule has 9 heteroatoms. The van der Waals surface area contributed by atoms with Gasteiger partial charge in [0.05, 0.1) is 10.6 Å². The first-order valence-electron chi connectivity index (χ1n) is 8.71. The van der Waals surface area contributed by atoms with Crippen LogP contribution in [-0.4, -0.2) is 44.4 Å². The van der Waals surface area contributed by atoms with Crippen molar-refractivity contribution in [3.05, 3.63) is 59.9 Å². The normalized spacial score (nSPS) is 19.6. The van der Waals surface area contributed by atoms with Crippen LogP contribution in [0, 0.1) is 5.82 Å². The number of benzene rings is 2. The highest BCUT2D eigenvalue weighted by atomic mass is 35.5. The van der Waals surface area contributed by atoms with E-state index in [1.54, 1.807) is 11.0 Å². The lowest BCUT2D eigenvalue weighted by molar-refractivity contribution is 0.0602. The molecule has 2 aromatic carbocycles. The molecule has 1 aliphatic heterocycles. The van der Waals surface area contributed by atoms with E-state index < -0.39 is 15.8 Å². The van der Waals surface area contributed by atoms with E-state index in [4.69, 9.17) is 0 Å². The Kier molecular flexibility index (Phi) is 7.03. The van der Waals surface area contributed by atoms with Crippen molar-refractivity contribution in [1.82, 2.24) is 10.2 Å². The Labute approximate surface area is 170 Å². The van der Waals surface area contributed by atoms with Crippen molar-refractivity contribution in [2.24, 2.45) is 0 Å². The Hall–Kier alpha value is -2.16. The number of hydrogen-bond acceptors (Lipinski definition) is 4. The van der Waals surface area contributed by atoms with Gasteiger partial charge >= 0.3 is 0 Å². The van der Waals surface area contributed by atoms with Crippen molar-refractivity contribution in [3.63, 3.8) is 0 Å². The molecule has 6 nitrogen and oxygen atoms in total. The largest absolute Gasteiger partial charge is 0.333 e. The minimum Gasteiger partial charge on any atom is -0.333 e. The predicted molar refractivity (Wildman–Crippen MR) is 109 cm³/mol. The lowest BCUT2D eigenvalue weighted by Crippen LogP contribution is -2.57. The third kappa shape index (κ3) is 4.63. The summed E-state index contributed by atoms with van der Waals surface area (Å²) >= 11 is 0. The second-order valence-electron chi connectivity index (χ2n) is 6.60. The molecule has 2 aromatic rings. The number of sulfonamides is 1. The molecule has 152 valence electrons. The highest BCUT2D eigenvalue weighted by molar-refractivity contribution is 7.92. The number of amides is 1. The minimum atomic E-state index is -4.02. The first-order valence-corrected chi connectivity index (χ1v) is 10.2. The average molecular weight is 428 g/mol. The van der Waals surface area contributed by atoms with Crippen LogP contribution >= 0.6 is 12.4 Å². The van der Waals surface area contributed by atoms with Gasteiger partial charge < -0.3 is 10.2 Å². The third-order valence-electron chi connectivity index (χ3n) is 4.80. The van der Waals surface area contributed by atoms with Crippen molar-refractivity contribution < 1.29 is 17.6 Å². The Morgan fingerprint density at radius 2 is 1.89 bits per heavy atom. The highest BCUT2D eigenvalue weighted by Crippen LogP contribution is 2.21. The fraction of sp³-hybridized carbons (Fsp3) is 0.316. The minimum absolute atomic E-state index is 0. The quantitative estimate of drug-likeness (QED) is 0.786. The first-order chi connectivity index (χ1) is 12.8. The molecule has 1 aliphatic rings. The Morgan fingerprint density at radius 1 is 1.18 bits per heavy atom. The van der Waals surface area contributed by atoms with Gasteiger partial charge in [0.15, 0.2) is 0 Å². The van der Waals surface area contributed by atoms with E-state index in [1.807, 2.05) is 13.8 Å². The van der Waals surface area contributed by atoms with Crippen molar-refractivity contribution >= 4 is 34.0 Å². The number of nitrogens with zero attached hydrogens (tertiary/aromatic N) is 1. The van der Waals surface area contributed by atoms with Crippen molar-refractivity contribution in [2.75, 3.05) is 17.8 Å². The van der Waals surface area contributed by atoms with Crippen LogP contribution in [0.15, 0.2) is 53.4 Å². The number of para-hydroxylation sites is 1. The maximum absolute atomic E-state index is 13.8. The average Bonchev–Trinajstić information content (AvgIpc) is 2.65. The maximum Gasteiger partial charge on any atom is 0.262 e. The van der Waals surface area contributed by atoms with Gasteiger partial charge in [-0.15, -0.1) is 12.4 Å². The second kappa shape index (κ2) is 8.89. The lowest BCUT2D eigenvalue weighted by atomic mass is 10.1. The SMILES string of the molecule is CC1NCCN(C(=O)c2cccc(S(=O)(=O)Nc3ccccc3F)c2)C1C.Cl. The molecular weight excluding hydrogens is 405 g/mol. The van der Waals surface area contributed by atoms with Crippen LogP contribution in [0.1, 0.15) is 24.2 Å². The van der Waals surface area contributed by atoms with Gasteiger partial charge in [-0.2, -0.15) is 0 Å². The molecule has 1 fully saturated rings. The molecule has 1 saturated heterocycles. The van der Waals surface area contributed by atoms with Gasteiger partial charge in [0.2, 0.25) is 0 Å². The molecule has 0 aliphatic carbocycles. The van der Waals surface area contributed by atoms with Crippen molar-refractivity contribution in [2.45, 2.75) is 30.8 Å². The van der Waals surface area contributed by atoms with Gasteiger partial charge in [0, 0.05) is 30.7 Å². The number of piperazine rings is 1. The Morgan fingerprint density at radius 3 is 2.61 bits per heavy atom. The smallest absolute Gasteiger partial charge is 0.262 e. The van der Waals surface area contributed by atoms with E-state index in [1.165, 1.54) is 42.5 Å². The van der Waals surface area contributed by atoms with Crippen molar-refractivity contribution in [1.29, 1.82) is 0 Å². The molecule has 2 unspecified atom stereocenters. The van der Waals surface area contributed by atoms with E-state index in [0.717, 1.165) is 0 Å². The molecular formula is C19H23ClFN3O3S. The van der Waals surface area contributed by atoms with Gasteiger partial charge in [-0.05, 0) is 44.2 Å². The monoisotopic (exact) mass is 427 g/mol. The molecule has 1 heterocycles. The van der Waals surface area contributed by atoms with Crippen LogP contribution in [0.4, 0.5) is 10.1 Å². The molecule has 0 aromatic heterocycles. The fourth-order valence-electron chi connectivity index (χ4n) is 3.05. The zero-order valence-corrected chi connectivity index (χ0v) is 17.2. The Balaban J connectivity index is 0.00000280. The molecule has 0 saturated carbocycles. The number of anilines is 1. The van der Waals surface area contributed by atoms with Crippen LogP contribution in [0.3, 0.4) is 0 Å². The van der Waals surface area contributed by atoms with Crippen LogP contribution < -0.4 is 10.0 Å². The summed E-state index contributed by atoms with van der Waals surface area (Å²) in [5.74, 6) is -0.893. The molecule has 1 amide bonds. The zero-order valence-electron chi connectivity index (χ0n) is 15.6. The number of carbonyl (C=O) groups is 1. The van der Waals surface area contributed by atoms with E-state index in [9.17, 15) is 17.6 Å². The predicted octanol–water partition coefficient (Wildman–Crippen LogP) is 2.87. The summed E-state index contributed by atoms with van der Waals surface area (Å²) in [6.07, 6.45) is 0. The van der Waals surface area contributed by atoms with E-state index >= 15 is 0 Å². The van der Waals surface area contributed by atoms with Crippen LogP contribution in [0.2, 0.25) is 0 Å². The van der Waals surface area contributed by atoms with Gasteiger partial charge in [-0.3, -0.25) is 9.52 Å². The molecule has 3 rings (SSSR count). The van der Waals surface area contributed by atoms with Crippen molar-refractivity contribution in [3.8, 4) is 0 Å². The first kappa shape index (κ1) is 22.1. The maximum atomic E-state index is 13.8. The summed E-state index contributed by atoms with van der Waals surface area (Å²) in [5.41, 5.74) is 0.145. The van der Waals surface area contributed by atoms with Crippen LogP contribution in [0.25, 0.3) is 0 Å². The Bertz CT molecular complexity index is 955. The zero-order chi connectivity index (χ0) is 19.6. The van der Waals surface area contributed by atoms with Crippen LogP contribution in [-0.2, 0) is 10.0 Å². The molecule has 0 bridgehead atoms. The van der Waals surface area contributed by atoms with Crippen LogP contribution in [0.5, 0.6) is 0 Å². The molecule has 2 N–H and O–H groups in total. The van der Waals surface area contributed by atoms with E-state index in [0.29, 0.717) is 13.1 Å². The van der Waals surface area contributed by atoms with E-state index in [2.05, 4.69) is 10.0 Å². The molecule has 0 radical (unpaired) electrons. The summed E-state index contributed by atoms with van der Waals surface area (Å²) in [6.45, 7) is 5.19. The number of carbonyl (C=O) groups excluding carboxylic acids is 1. The highest BCUT2D eigenvalue weighted by Gasteiger charge is 2.29. The van der Waals surface area contributed by atoms with Gasteiger partial charge in [0.1, 0.15) is 5.82 Å². The fourth-order valence-corrected chi connectivity index (χ4v) is 4.17. The summed E-state index contributed by atoms with van der Waals surface area (Å²) in [7, 11) is -4.02. The van der Waals surface area contributed by atoms with Gasteiger partial charge in [0.25, 0.3) is 15.9 Å². The summed E-state index contributed by atoms with van der Waals surface area (Å²) < 4.78 is 41.2. The lowest BCUT2D eigenvalue weighted by Gasteiger charge is -2.38. The summed E-state index contributed by atoms with van der Waals surface area (Å²) in [5, 5.41) is 3.30.